The maximum atomic E-state index is 8.76. The van der Waals surface area contributed by atoms with Crippen molar-refractivity contribution >= 4 is 5.82 Å². The van der Waals surface area contributed by atoms with Crippen LogP contribution in [0.15, 0.2) is 18.3 Å². The largest absolute Gasteiger partial charge is 0.356 e. The molecule has 0 aromatic carbocycles. The second kappa shape index (κ2) is 4.95. The molecule has 4 heteroatoms. The molecule has 0 amide bonds. The second-order valence-electron chi connectivity index (χ2n) is 5.40. The van der Waals surface area contributed by atoms with Crippen LogP contribution in [0.1, 0.15) is 25.3 Å². The average molecular weight is 244 g/mol. The minimum atomic E-state index is 0.295. The van der Waals surface area contributed by atoms with Crippen molar-refractivity contribution in [2.24, 2.45) is 0 Å². The van der Waals surface area contributed by atoms with Gasteiger partial charge in [0.1, 0.15) is 11.9 Å². The molecule has 1 aromatic heterocycles. The first-order valence-corrected chi connectivity index (χ1v) is 6.34. The third-order valence-electron chi connectivity index (χ3n) is 4.12. The van der Waals surface area contributed by atoms with Crippen LogP contribution in [0.5, 0.6) is 0 Å². The Bertz CT molecular complexity index is 436. The smallest absolute Gasteiger partial charge is 0.128 e. The summed E-state index contributed by atoms with van der Waals surface area (Å²) in [6.45, 7) is 4.36. The molecule has 1 aromatic rings. The minimum absolute atomic E-state index is 0.295. The van der Waals surface area contributed by atoms with Crippen LogP contribution in [-0.4, -0.2) is 42.6 Å². The zero-order chi connectivity index (χ0) is 13.2. The van der Waals surface area contributed by atoms with Gasteiger partial charge >= 0.3 is 0 Å². The van der Waals surface area contributed by atoms with Crippen molar-refractivity contribution in [2.75, 3.05) is 32.1 Å². The van der Waals surface area contributed by atoms with E-state index in [-0.39, 0.29) is 0 Å². The summed E-state index contributed by atoms with van der Waals surface area (Å²) in [6, 6.07) is 5.87. The van der Waals surface area contributed by atoms with Crippen LogP contribution < -0.4 is 4.90 Å². The molecule has 1 aliphatic heterocycles. The Morgan fingerprint density at radius 1 is 1.33 bits per heavy atom. The van der Waals surface area contributed by atoms with E-state index >= 15 is 0 Å². The summed E-state index contributed by atoms with van der Waals surface area (Å²) in [4.78, 5) is 8.97. The van der Waals surface area contributed by atoms with Gasteiger partial charge in [-0.2, -0.15) is 5.26 Å². The lowest BCUT2D eigenvalue weighted by molar-refractivity contribution is 0.137. The van der Waals surface area contributed by atoms with Gasteiger partial charge in [-0.25, -0.2) is 4.98 Å². The molecule has 1 aliphatic rings. The molecule has 1 fully saturated rings. The molecule has 0 atom stereocenters. The topological polar surface area (TPSA) is 43.2 Å². The van der Waals surface area contributed by atoms with Gasteiger partial charge in [0.2, 0.25) is 0 Å². The fraction of sp³-hybridized carbons (Fsp3) is 0.571. The zero-order valence-corrected chi connectivity index (χ0v) is 11.3. The minimum Gasteiger partial charge on any atom is -0.356 e. The van der Waals surface area contributed by atoms with Gasteiger partial charge in [-0.15, -0.1) is 0 Å². The number of piperidine rings is 1. The van der Waals surface area contributed by atoms with Crippen LogP contribution in [0, 0.1) is 11.3 Å². The molecule has 0 bridgehead atoms. The van der Waals surface area contributed by atoms with Gasteiger partial charge in [0, 0.05) is 24.8 Å². The Kier molecular flexibility index (Phi) is 3.53. The highest BCUT2D eigenvalue weighted by Crippen LogP contribution is 2.28. The highest BCUT2D eigenvalue weighted by molar-refractivity contribution is 5.42. The Balaban J connectivity index is 2.03. The van der Waals surface area contributed by atoms with E-state index in [2.05, 4.69) is 41.9 Å². The molecule has 0 spiro atoms. The van der Waals surface area contributed by atoms with Crippen LogP contribution in [0.25, 0.3) is 0 Å². The lowest BCUT2D eigenvalue weighted by Crippen LogP contribution is -2.50. The summed E-state index contributed by atoms with van der Waals surface area (Å²) < 4.78 is 0. The Morgan fingerprint density at radius 3 is 2.44 bits per heavy atom. The summed E-state index contributed by atoms with van der Waals surface area (Å²) in [6.07, 6.45) is 3.93. The van der Waals surface area contributed by atoms with Crippen LogP contribution in [0.3, 0.4) is 0 Å². The molecular formula is C14H20N4. The van der Waals surface area contributed by atoms with Crippen LogP contribution in [0.4, 0.5) is 5.82 Å². The molecule has 2 rings (SSSR count). The van der Waals surface area contributed by atoms with E-state index in [1.165, 1.54) is 0 Å². The molecule has 0 saturated carbocycles. The molecule has 0 aliphatic carbocycles. The van der Waals surface area contributed by atoms with Crippen LogP contribution in [0.2, 0.25) is 0 Å². The van der Waals surface area contributed by atoms with Crippen LogP contribution in [-0.2, 0) is 0 Å². The number of hydrogen-bond donors (Lipinski definition) is 0. The average Bonchev–Trinajstić information content (AvgIpc) is 2.40. The standard InChI is InChI=1S/C14H20N4/c1-14(17(2)3)6-8-18(9-7-14)13-5-4-12(10-15)11-16-13/h4-5,11H,6-9H2,1-3H3. The molecule has 1 saturated heterocycles. The quantitative estimate of drug-likeness (QED) is 0.796. The maximum absolute atomic E-state index is 8.76. The first kappa shape index (κ1) is 12.8. The normalized spacial score (nSPS) is 18.7. The summed E-state index contributed by atoms with van der Waals surface area (Å²) >= 11 is 0. The summed E-state index contributed by atoms with van der Waals surface area (Å²) in [5, 5.41) is 8.76. The molecule has 96 valence electrons. The highest BCUT2D eigenvalue weighted by atomic mass is 15.2. The molecule has 0 radical (unpaired) electrons. The fourth-order valence-corrected chi connectivity index (χ4v) is 2.30. The Hall–Kier alpha value is -1.60. The first-order valence-electron chi connectivity index (χ1n) is 6.34. The third kappa shape index (κ3) is 2.46. The van der Waals surface area contributed by atoms with Crippen molar-refractivity contribution < 1.29 is 0 Å². The zero-order valence-electron chi connectivity index (χ0n) is 11.3. The number of nitrogens with zero attached hydrogens (tertiary/aromatic N) is 4. The van der Waals surface area contributed by atoms with Gasteiger partial charge in [0.05, 0.1) is 5.56 Å². The van der Waals surface area contributed by atoms with Gasteiger partial charge in [-0.3, -0.25) is 0 Å². The van der Waals surface area contributed by atoms with Gasteiger partial charge in [0.15, 0.2) is 0 Å². The van der Waals surface area contributed by atoms with Gasteiger partial charge < -0.3 is 9.80 Å². The van der Waals surface area contributed by atoms with Crippen molar-refractivity contribution in [1.82, 2.24) is 9.88 Å². The summed E-state index contributed by atoms with van der Waals surface area (Å²) in [5.41, 5.74) is 0.914. The molecular weight excluding hydrogens is 224 g/mol. The fourth-order valence-electron chi connectivity index (χ4n) is 2.30. The van der Waals surface area contributed by atoms with E-state index in [1.54, 1.807) is 6.20 Å². The first-order chi connectivity index (χ1) is 8.55. The van der Waals surface area contributed by atoms with E-state index in [0.29, 0.717) is 11.1 Å². The van der Waals surface area contributed by atoms with Crippen LogP contribution >= 0.6 is 0 Å². The summed E-state index contributed by atoms with van der Waals surface area (Å²) in [7, 11) is 4.30. The Labute approximate surface area is 109 Å². The van der Waals surface area contributed by atoms with E-state index in [1.807, 2.05) is 12.1 Å². The van der Waals surface area contributed by atoms with E-state index < -0.39 is 0 Å². The number of aromatic nitrogens is 1. The molecule has 2 heterocycles. The van der Waals surface area contributed by atoms with E-state index in [4.69, 9.17) is 5.26 Å². The predicted molar refractivity (Wildman–Crippen MR) is 72.5 cm³/mol. The monoisotopic (exact) mass is 244 g/mol. The number of hydrogen-bond acceptors (Lipinski definition) is 4. The number of nitriles is 1. The predicted octanol–water partition coefficient (Wildman–Crippen LogP) is 1.87. The van der Waals surface area contributed by atoms with Gasteiger partial charge in [-0.1, -0.05) is 0 Å². The van der Waals surface area contributed by atoms with Crippen molar-refractivity contribution in [2.45, 2.75) is 25.3 Å². The SMILES string of the molecule is CN(C)C1(C)CCN(c2ccc(C#N)cn2)CC1. The third-order valence-corrected chi connectivity index (χ3v) is 4.12. The highest BCUT2D eigenvalue weighted by Gasteiger charge is 2.32. The molecule has 18 heavy (non-hydrogen) atoms. The summed E-state index contributed by atoms with van der Waals surface area (Å²) in [5.74, 6) is 0.981. The molecule has 0 N–H and O–H groups in total. The number of rotatable bonds is 2. The lowest BCUT2D eigenvalue weighted by Gasteiger charge is -2.44. The van der Waals surface area contributed by atoms with Gasteiger partial charge in [0.25, 0.3) is 0 Å². The van der Waals surface area contributed by atoms with Crippen molar-refractivity contribution in [3.8, 4) is 6.07 Å². The number of anilines is 1. The maximum Gasteiger partial charge on any atom is 0.128 e. The van der Waals surface area contributed by atoms with Crippen molar-refractivity contribution in [1.29, 1.82) is 5.26 Å². The van der Waals surface area contributed by atoms with E-state index in [0.717, 1.165) is 31.7 Å². The Morgan fingerprint density at radius 2 is 2.00 bits per heavy atom. The molecule has 0 unspecified atom stereocenters. The van der Waals surface area contributed by atoms with E-state index in [9.17, 15) is 0 Å². The van der Waals surface area contributed by atoms with Crippen molar-refractivity contribution in [3.63, 3.8) is 0 Å². The van der Waals surface area contributed by atoms with Crippen molar-refractivity contribution in [3.05, 3.63) is 23.9 Å². The lowest BCUT2D eigenvalue weighted by atomic mass is 9.88. The second-order valence-corrected chi connectivity index (χ2v) is 5.40. The molecule has 4 nitrogen and oxygen atoms in total. The van der Waals surface area contributed by atoms with Gasteiger partial charge in [-0.05, 0) is 46.0 Å². The number of pyridine rings is 1.